The van der Waals surface area contributed by atoms with Crippen LogP contribution in [0.3, 0.4) is 0 Å². The largest absolute Gasteiger partial charge is 0.245 e. The van der Waals surface area contributed by atoms with Gasteiger partial charge in [-0.3, -0.25) is 0 Å². The van der Waals surface area contributed by atoms with Gasteiger partial charge in [0.1, 0.15) is 6.33 Å². The van der Waals surface area contributed by atoms with Gasteiger partial charge in [0.05, 0.1) is 5.69 Å². The molecule has 0 spiro atoms. The summed E-state index contributed by atoms with van der Waals surface area (Å²) in [5.41, 5.74) is 2.09. The van der Waals surface area contributed by atoms with Crippen molar-refractivity contribution in [2.45, 2.75) is 0 Å². The van der Waals surface area contributed by atoms with Crippen LogP contribution >= 0.6 is 0 Å². The summed E-state index contributed by atoms with van der Waals surface area (Å²) < 4.78 is 0. The van der Waals surface area contributed by atoms with E-state index in [9.17, 15) is 0 Å². The number of benzene rings is 2. The van der Waals surface area contributed by atoms with E-state index in [0.717, 1.165) is 5.69 Å². The maximum Gasteiger partial charge on any atom is 0.115 e. The lowest BCUT2D eigenvalue weighted by atomic mass is 10.1. The van der Waals surface area contributed by atoms with Crippen LogP contribution in [-0.2, 0) is 0 Å². The molecule has 2 nitrogen and oxygen atoms in total. The summed E-state index contributed by atoms with van der Waals surface area (Å²) in [5, 5.41) is 2.51. The smallest absolute Gasteiger partial charge is 0.115 e. The average molecular weight is 232 g/mol. The number of rotatable bonds is 2. The molecule has 0 unspecified atom stereocenters. The number of aromatic nitrogens is 2. The van der Waals surface area contributed by atoms with Gasteiger partial charge >= 0.3 is 0 Å². The van der Waals surface area contributed by atoms with E-state index >= 15 is 0 Å². The topological polar surface area (TPSA) is 25.8 Å². The first-order chi connectivity index (χ1) is 8.92. The first-order valence-corrected chi connectivity index (χ1v) is 5.85. The molecule has 2 aromatic carbocycles. The van der Waals surface area contributed by atoms with Crippen LogP contribution in [-0.4, -0.2) is 9.97 Å². The van der Waals surface area contributed by atoms with E-state index in [1.54, 1.807) is 12.5 Å². The van der Waals surface area contributed by atoms with Crippen molar-refractivity contribution in [2.24, 2.45) is 0 Å². The average Bonchev–Trinajstić information content (AvgIpc) is 2.46. The molecule has 0 amide bonds. The molecular weight excluding hydrogens is 220 g/mol. The van der Waals surface area contributed by atoms with E-state index in [-0.39, 0.29) is 0 Å². The molecule has 0 saturated heterocycles. The van der Waals surface area contributed by atoms with Crippen LogP contribution in [0.25, 0.3) is 22.9 Å². The van der Waals surface area contributed by atoms with Gasteiger partial charge in [-0.2, -0.15) is 0 Å². The van der Waals surface area contributed by atoms with Gasteiger partial charge in [-0.25, -0.2) is 9.97 Å². The molecule has 1 heterocycles. The summed E-state index contributed by atoms with van der Waals surface area (Å²) in [7, 11) is 0. The zero-order chi connectivity index (χ0) is 12.2. The molecule has 0 fully saturated rings. The number of fused-ring (bicyclic) bond motifs is 1. The minimum atomic E-state index is 0.915. The van der Waals surface area contributed by atoms with Crippen LogP contribution in [0.2, 0.25) is 0 Å². The molecule has 0 aliphatic heterocycles. The maximum absolute atomic E-state index is 4.16. The third kappa shape index (κ3) is 2.28. The molecule has 0 aliphatic carbocycles. The van der Waals surface area contributed by atoms with E-state index in [1.165, 1.54) is 16.3 Å². The normalized spacial score (nSPS) is 11.1. The van der Waals surface area contributed by atoms with Gasteiger partial charge in [0.15, 0.2) is 0 Å². The molecule has 86 valence electrons. The van der Waals surface area contributed by atoms with Gasteiger partial charge in [-0.1, -0.05) is 42.5 Å². The highest BCUT2D eigenvalue weighted by Gasteiger charge is 1.93. The third-order valence-electron chi connectivity index (χ3n) is 2.82. The standard InChI is InChI=1S/C16H12N2/c1-2-4-15-11-13(5-7-14(15)3-1)6-8-16-9-10-17-12-18-16/h1-12H. The molecule has 3 rings (SSSR count). The summed E-state index contributed by atoms with van der Waals surface area (Å²) in [4.78, 5) is 8.05. The van der Waals surface area contributed by atoms with E-state index in [0.29, 0.717) is 0 Å². The summed E-state index contributed by atoms with van der Waals surface area (Å²) in [6.45, 7) is 0. The zero-order valence-corrected chi connectivity index (χ0v) is 9.82. The quantitative estimate of drug-likeness (QED) is 0.671. The van der Waals surface area contributed by atoms with Crippen molar-refractivity contribution >= 4 is 22.9 Å². The monoisotopic (exact) mass is 232 g/mol. The molecule has 0 saturated carbocycles. The Morgan fingerprint density at radius 1 is 0.833 bits per heavy atom. The Bertz CT molecular complexity index is 688. The Hall–Kier alpha value is -2.48. The minimum Gasteiger partial charge on any atom is -0.245 e. The van der Waals surface area contributed by atoms with E-state index in [2.05, 4.69) is 58.5 Å². The molecule has 0 aliphatic rings. The lowest BCUT2D eigenvalue weighted by Gasteiger charge is -1.99. The predicted octanol–water partition coefficient (Wildman–Crippen LogP) is 3.80. The van der Waals surface area contributed by atoms with Crippen molar-refractivity contribution in [1.82, 2.24) is 9.97 Å². The lowest BCUT2D eigenvalue weighted by molar-refractivity contribution is 1.15. The van der Waals surface area contributed by atoms with Gasteiger partial charge in [0.2, 0.25) is 0 Å². The third-order valence-corrected chi connectivity index (χ3v) is 2.82. The van der Waals surface area contributed by atoms with Gasteiger partial charge in [-0.15, -0.1) is 0 Å². The Labute approximate surface area is 106 Å². The number of nitrogens with zero attached hydrogens (tertiary/aromatic N) is 2. The van der Waals surface area contributed by atoms with E-state index in [1.807, 2.05) is 12.1 Å². The van der Waals surface area contributed by atoms with Crippen molar-refractivity contribution in [3.63, 3.8) is 0 Å². The van der Waals surface area contributed by atoms with Crippen LogP contribution in [0, 0.1) is 0 Å². The molecule has 18 heavy (non-hydrogen) atoms. The van der Waals surface area contributed by atoms with Crippen molar-refractivity contribution in [3.8, 4) is 0 Å². The minimum absolute atomic E-state index is 0.915. The maximum atomic E-state index is 4.16. The van der Waals surface area contributed by atoms with Gasteiger partial charge in [0.25, 0.3) is 0 Å². The van der Waals surface area contributed by atoms with Crippen LogP contribution in [0.1, 0.15) is 11.3 Å². The fraction of sp³-hybridized carbons (Fsp3) is 0. The Kier molecular flexibility index (Phi) is 2.84. The Balaban J connectivity index is 1.93. The molecule has 0 atom stereocenters. The van der Waals surface area contributed by atoms with Crippen molar-refractivity contribution in [3.05, 3.63) is 72.3 Å². The molecule has 1 aromatic heterocycles. The second kappa shape index (κ2) is 4.80. The zero-order valence-electron chi connectivity index (χ0n) is 9.82. The molecule has 0 bridgehead atoms. The molecule has 2 heteroatoms. The SMILES string of the molecule is C(=Cc1ccncn1)c1ccc2ccccc2c1. The highest BCUT2D eigenvalue weighted by atomic mass is 14.8. The van der Waals surface area contributed by atoms with Gasteiger partial charge < -0.3 is 0 Å². The Morgan fingerprint density at radius 3 is 2.56 bits per heavy atom. The van der Waals surface area contributed by atoms with Crippen molar-refractivity contribution < 1.29 is 0 Å². The second-order valence-electron chi connectivity index (χ2n) is 4.07. The summed E-state index contributed by atoms with van der Waals surface area (Å²) in [5.74, 6) is 0. The van der Waals surface area contributed by atoms with Crippen molar-refractivity contribution in [1.29, 1.82) is 0 Å². The first-order valence-electron chi connectivity index (χ1n) is 5.85. The second-order valence-corrected chi connectivity index (χ2v) is 4.07. The molecule has 3 aromatic rings. The fourth-order valence-electron chi connectivity index (χ4n) is 1.89. The highest BCUT2D eigenvalue weighted by Crippen LogP contribution is 2.17. The van der Waals surface area contributed by atoms with E-state index < -0.39 is 0 Å². The number of hydrogen-bond donors (Lipinski definition) is 0. The van der Waals surface area contributed by atoms with Gasteiger partial charge in [-0.05, 0) is 34.5 Å². The summed E-state index contributed by atoms with van der Waals surface area (Å²) in [6, 6.07) is 16.7. The van der Waals surface area contributed by atoms with Crippen molar-refractivity contribution in [2.75, 3.05) is 0 Å². The highest BCUT2D eigenvalue weighted by molar-refractivity contribution is 5.85. The Morgan fingerprint density at radius 2 is 1.72 bits per heavy atom. The summed E-state index contributed by atoms with van der Waals surface area (Å²) >= 11 is 0. The van der Waals surface area contributed by atoms with Gasteiger partial charge in [0, 0.05) is 6.20 Å². The number of hydrogen-bond acceptors (Lipinski definition) is 2. The fourth-order valence-corrected chi connectivity index (χ4v) is 1.89. The van der Waals surface area contributed by atoms with Crippen LogP contribution < -0.4 is 0 Å². The molecule has 0 radical (unpaired) electrons. The molecular formula is C16H12N2. The summed E-state index contributed by atoms with van der Waals surface area (Å²) in [6.07, 6.45) is 7.35. The predicted molar refractivity (Wildman–Crippen MR) is 74.9 cm³/mol. The molecule has 0 N–H and O–H groups in total. The van der Waals surface area contributed by atoms with Crippen LogP contribution in [0.4, 0.5) is 0 Å². The van der Waals surface area contributed by atoms with Crippen LogP contribution in [0.5, 0.6) is 0 Å². The first kappa shape index (κ1) is 10.7. The van der Waals surface area contributed by atoms with E-state index in [4.69, 9.17) is 0 Å². The lowest BCUT2D eigenvalue weighted by Crippen LogP contribution is -1.80. The van der Waals surface area contributed by atoms with Crippen LogP contribution in [0.15, 0.2) is 61.1 Å².